The van der Waals surface area contributed by atoms with E-state index in [0.29, 0.717) is 14.7 Å². The summed E-state index contributed by atoms with van der Waals surface area (Å²) in [6.07, 6.45) is -4.75. The number of hydrogen-bond acceptors (Lipinski definition) is 1. The predicted octanol–water partition coefficient (Wildman–Crippen LogP) is 5.85. The fourth-order valence-electron chi connectivity index (χ4n) is 2.90. The zero-order chi connectivity index (χ0) is 17.9. The first-order valence-electron chi connectivity index (χ1n) is 7.69. The quantitative estimate of drug-likeness (QED) is 0.617. The van der Waals surface area contributed by atoms with Gasteiger partial charge in [-0.3, -0.25) is 0 Å². The van der Waals surface area contributed by atoms with Crippen LogP contribution < -0.4 is 0 Å². The second-order valence-corrected chi connectivity index (χ2v) is 8.67. The molecule has 0 fully saturated rings. The first-order chi connectivity index (χ1) is 12.0. The largest absolute Gasteiger partial charge is 0.423 e. The summed E-state index contributed by atoms with van der Waals surface area (Å²) in [5.74, 6) is 0. The summed E-state index contributed by atoms with van der Waals surface area (Å²) in [6, 6.07) is 25.4. The van der Waals surface area contributed by atoms with Crippen molar-refractivity contribution < 1.29 is 18.3 Å². The number of aliphatic hydroxyl groups is 1. The van der Waals surface area contributed by atoms with Crippen LogP contribution >= 0.6 is 10.0 Å². The minimum atomic E-state index is -4.75. The first kappa shape index (κ1) is 17.6. The van der Waals surface area contributed by atoms with E-state index in [9.17, 15) is 18.3 Å². The third kappa shape index (κ3) is 3.17. The second kappa shape index (κ2) is 6.94. The topological polar surface area (TPSA) is 20.2 Å². The van der Waals surface area contributed by atoms with Gasteiger partial charge >= 0.3 is 6.18 Å². The van der Waals surface area contributed by atoms with Gasteiger partial charge in [-0.15, -0.1) is 10.0 Å². The van der Waals surface area contributed by atoms with Crippen molar-refractivity contribution in [2.45, 2.75) is 26.3 Å². The summed E-state index contributed by atoms with van der Waals surface area (Å²) in [5, 5.41) is 10.6. The molecule has 0 spiro atoms. The molecule has 0 amide bonds. The molecule has 0 saturated carbocycles. The summed E-state index contributed by atoms with van der Waals surface area (Å²) in [6.45, 7) is 0. The minimum absolute atomic E-state index is 0.470. The van der Waals surface area contributed by atoms with E-state index in [0.717, 1.165) is 0 Å². The fourth-order valence-corrected chi connectivity index (χ4v) is 6.65. The van der Waals surface area contributed by atoms with Gasteiger partial charge in [-0.2, -0.15) is 13.2 Å². The number of aliphatic hydroxyl groups excluding tert-OH is 1. The van der Waals surface area contributed by atoms with Crippen LogP contribution in [0.1, 0.15) is 0 Å². The van der Waals surface area contributed by atoms with Crippen molar-refractivity contribution in [3.8, 4) is 0 Å². The Labute approximate surface area is 146 Å². The van der Waals surface area contributed by atoms with E-state index in [-0.39, 0.29) is 0 Å². The summed E-state index contributed by atoms with van der Waals surface area (Å²) in [4.78, 5) is 1.41. The number of rotatable bonds is 4. The van der Waals surface area contributed by atoms with Crippen LogP contribution in [0.5, 0.6) is 0 Å². The Morgan fingerprint density at radius 2 is 0.880 bits per heavy atom. The Morgan fingerprint density at radius 3 is 1.12 bits per heavy atom. The van der Waals surface area contributed by atoms with Gasteiger partial charge in [0.1, 0.15) is 0 Å². The zero-order valence-electron chi connectivity index (χ0n) is 13.2. The SMILES string of the molecule is OC(C(F)(F)F)S(c1ccccc1)(c1ccccc1)c1ccccc1. The molecular weight excluding hydrogens is 345 g/mol. The molecule has 25 heavy (non-hydrogen) atoms. The van der Waals surface area contributed by atoms with Gasteiger partial charge in [0.2, 0.25) is 0 Å². The summed E-state index contributed by atoms with van der Waals surface area (Å²) >= 11 is 0. The van der Waals surface area contributed by atoms with E-state index in [1.807, 2.05) is 0 Å². The molecule has 0 saturated heterocycles. The van der Waals surface area contributed by atoms with Gasteiger partial charge in [0.25, 0.3) is 0 Å². The van der Waals surface area contributed by atoms with Crippen LogP contribution in [0.4, 0.5) is 13.2 Å². The van der Waals surface area contributed by atoms with Gasteiger partial charge in [0.15, 0.2) is 5.44 Å². The van der Waals surface area contributed by atoms with Crippen molar-refractivity contribution in [1.29, 1.82) is 0 Å². The van der Waals surface area contributed by atoms with Crippen molar-refractivity contribution in [2.75, 3.05) is 0 Å². The molecule has 0 aromatic heterocycles. The summed E-state index contributed by atoms with van der Waals surface area (Å²) < 4.78 is 41.3. The molecule has 0 aliphatic rings. The third-order valence-electron chi connectivity index (χ3n) is 3.96. The van der Waals surface area contributed by atoms with Gasteiger partial charge in [0, 0.05) is 14.7 Å². The zero-order valence-corrected chi connectivity index (χ0v) is 14.0. The standard InChI is InChI=1S/C20H17F3OS/c21-20(22,23)19(24)25(16-10-4-1-5-11-16,17-12-6-2-7-13-17)18-14-8-3-9-15-18/h1-15,19,24H. The minimum Gasteiger partial charge on any atom is -0.374 e. The van der Waals surface area contributed by atoms with Crippen molar-refractivity contribution in [2.24, 2.45) is 0 Å². The summed E-state index contributed by atoms with van der Waals surface area (Å²) in [7, 11) is -2.94. The van der Waals surface area contributed by atoms with E-state index in [4.69, 9.17) is 0 Å². The third-order valence-corrected chi connectivity index (χ3v) is 7.94. The lowest BCUT2D eigenvalue weighted by molar-refractivity contribution is -0.175. The Kier molecular flexibility index (Phi) is 4.88. The smallest absolute Gasteiger partial charge is 0.374 e. The number of halogens is 3. The van der Waals surface area contributed by atoms with Crippen LogP contribution in [0.2, 0.25) is 0 Å². The average molecular weight is 362 g/mol. The first-order valence-corrected chi connectivity index (χ1v) is 9.39. The Balaban J connectivity index is 2.40. The predicted molar refractivity (Wildman–Crippen MR) is 93.8 cm³/mol. The molecule has 1 N–H and O–H groups in total. The van der Waals surface area contributed by atoms with E-state index in [1.165, 1.54) is 0 Å². The van der Waals surface area contributed by atoms with Crippen molar-refractivity contribution in [3.05, 3.63) is 91.0 Å². The highest BCUT2D eigenvalue weighted by Crippen LogP contribution is 2.72. The van der Waals surface area contributed by atoms with Crippen LogP contribution in [0.25, 0.3) is 0 Å². The fraction of sp³-hybridized carbons (Fsp3) is 0.100. The molecule has 0 aliphatic heterocycles. The molecule has 3 aromatic carbocycles. The highest BCUT2D eigenvalue weighted by atomic mass is 32.3. The highest BCUT2D eigenvalue weighted by Gasteiger charge is 2.52. The maximum absolute atomic E-state index is 13.8. The molecule has 1 atom stereocenters. The summed E-state index contributed by atoms with van der Waals surface area (Å²) in [5.41, 5.74) is -2.51. The van der Waals surface area contributed by atoms with Crippen molar-refractivity contribution in [1.82, 2.24) is 0 Å². The van der Waals surface area contributed by atoms with E-state index in [1.54, 1.807) is 91.0 Å². The Hall–Kier alpha value is -2.24. The second-order valence-electron chi connectivity index (χ2n) is 5.49. The number of hydrogen-bond donors (Lipinski definition) is 1. The molecule has 1 unspecified atom stereocenters. The normalized spacial score (nSPS) is 14.1. The van der Waals surface area contributed by atoms with Gasteiger partial charge in [-0.25, -0.2) is 0 Å². The Bertz CT molecular complexity index is 708. The average Bonchev–Trinajstić information content (AvgIpc) is 2.64. The highest BCUT2D eigenvalue weighted by molar-refractivity contribution is 8.34. The van der Waals surface area contributed by atoms with Crippen LogP contribution in [-0.2, 0) is 0 Å². The molecule has 0 aliphatic carbocycles. The molecule has 5 heteroatoms. The van der Waals surface area contributed by atoms with Crippen LogP contribution in [0.15, 0.2) is 106 Å². The molecule has 1 nitrogen and oxygen atoms in total. The molecule has 130 valence electrons. The maximum atomic E-state index is 13.8. The molecule has 0 bridgehead atoms. The van der Waals surface area contributed by atoms with Gasteiger partial charge in [-0.05, 0) is 36.4 Å². The van der Waals surface area contributed by atoms with Crippen molar-refractivity contribution >= 4 is 10.0 Å². The van der Waals surface area contributed by atoms with Gasteiger partial charge in [-0.1, -0.05) is 54.6 Å². The van der Waals surface area contributed by atoms with E-state index < -0.39 is 21.6 Å². The van der Waals surface area contributed by atoms with Crippen LogP contribution in [-0.4, -0.2) is 16.7 Å². The maximum Gasteiger partial charge on any atom is 0.423 e. The lowest BCUT2D eigenvalue weighted by atomic mass is 10.4. The lowest BCUT2D eigenvalue weighted by Crippen LogP contribution is -2.34. The molecule has 3 rings (SSSR count). The molecule has 0 heterocycles. The van der Waals surface area contributed by atoms with Crippen molar-refractivity contribution in [3.63, 3.8) is 0 Å². The van der Waals surface area contributed by atoms with Crippen LogP contribution in [0.3, 0.4) is 0 Å². The number of benzene rings is 3. The molecule has 0 radical (unpaired) electrons. The number of alkyl halides is 3. The van der Waals surface area contributed by atoms with Gasteiger partial charge < -0.3 is 5.11 Å². The van der Waals surface area contributed by atoms with Gasteiger partial charge in [0.05, 0.1) is 0 Å². The molecule has 3 aromatic rings. The molecular formula is C20H17F3OS. The van der Waals surface area contributed by atoms with E-state index >= 15 is 0 Å². The Morgan fingerprint density at radius 1 is 0.600 bits per heavy atom. The van der Waals surface area contributed by atoms with Crippen LogP contribution in [0, 0.1) is 0 Å². The van der Waals surface area contributed by atoms with E-state index in [2.05, 4.69) is 0 Å². The lowest BCUT2D eigenvalue weighted by Gasteiger charge is -2.45. The monoisotopic (exact) mass is 362 g/mol.